The third-order valence-corrected chi connectivity index (χ3v) is 3.72. The van der Waals surface area contributed by atoms with Gasteiger partial charge in [-0.1, -0.05) is 26.2 Å². The fraction of sp³-hybridized carbons (Fsp3) is 0.733. The minimum atomic E-state index is 0.415. The molecule has 19 heavy (non-hydrogen) atoms. The van der Waals surface area contributed by atoms with Gasteiger partial charge in [0, 0.05) is 18.9 Å². The third-order valence-electron chi connectivity index (χ3n) is 3.72. The van der Waals surface area contributed by atoms with Gasteiger partial charge in [-0.25, -0.2) is 9.97 Å². The van der Waals surface area contributed by atoms with E-state index in [0.29, 0.717) is 6.17 Å². The maximum atomic E-state index is 4.43. The fourth-order valence-corrected chi connectivity index (χ4v) is 2.64. The molecule has 2 heterocycles. The standard InChI is InChI=1S/C15H26N4/c1-2-3-4-7-13-19(14-9-5-6-10-16-14)15-17-11-8-12-18-15/h8,11-12,14,16H,2-7,9-10,13H2,1H3. The van der Waals surface area contributed by atoms with E-state index in [2.05, 4.69) is 27.1 Å². The monoisotopic (exact) mass is 262 g/mol. The zero-order valence-electron chi connectivity index (χ0n) is 12.0. The van der Waals surface area contributed by atoms with Gasteiger partial charge in [-0.05, 0) is 38.3 Å². The molecule has 1 aromatic heterocycles. The molecule has 1 N–H and O–H groups in total. The van der Waals surface area contributed by atoms with Gasteiger partial charge in [0.2, 0.25) is 5.95 Å². The molecular formula is C15H26N4. The summed E-state index contributed by atoms with van der Waals surface area (Å²) in [4.78, 5) is 11.2. The van der Waals surface area contributed by atoms with Crippen LogP contribution in [0, 0.1) is 0 Å². The number of nitrogens with zero attached hydrogens (tertiary/aromatic N) is 3. The van der Waals surface area contributed by atoms with E-state index in [1.165, 1.54) is 44.9 Å². The number of anilines is 1. The van der Waals surface area contributed by atoms with Crippen molar-refractivity contribution < 1.29 is 0 Å². The van der Waals surface area contributed by atoms with Gasteiger partial charge in [0.15, 0.2) is 0 Å². The SMILES string of the molecule is CCCCCCN(c1ncccn1)C1CCCCN1. The number of hydrogen-bond donors (Lipinski definition) is 1. The zero-order valence-corrected chi connectivity index (χ0v) is 12.0. The second-order valence-corrected chi connectivity index (χ2v) is 5.27. The van der Waals surface area contributed by atoms with E-state index in [9.17, 15) is 0 Å². The Hall–Kier alpha value is -1.16. The lowest BCUT2D eigenvalue weighted by molar-refractivity contribution is 0.377. The minimum absolute atomic E-state index is 0.415. The maximum absolute atomic E-state index is 4.43. The molecule has 0 saturated carbocycles. The highest BCUT2D eigenvalue weighted by Gasteiger charge is 2.22. The van der Waals surface area contributed by atoms with Crippen LogP contribution < -0.4 is 10.2 Å². The molecule has 0 amide bonds. The van der Waals surface area contributed by atoms with Crippen molar-refractivity contribution in [2.75, 3.05) is 18.0 Å². The highest BCUT2D eigenvalue weighted by Crippen LogP contribution is 2.17. The first-order chi connectivity index (χ1) is 9.42. The highest BCUT2D eigenvalue weighted by molar-refractivity contribution is 5.30. The van der Waals surface area contributed by atoms with E-state index >= 15 is 0 Å². The van der Waals surface area contributed by atoms with Crippen LogP contribution in [0.1, 0.15) is 51.9 Å². The molecule has 2 rings (SSSR count). The zero-order chi connectivity index (χ0) is 13.3. The summed E-state index contributed by atoms with van der Waals surface area (Å²) in [5.74, 6) is 0.874. The van der Waals surface area contributed by atoms with Gasteiger partial charge in [0.05, 0.1) is 6.17 Å². The third kappa shape index (κ3) is 4.46. The molecule has 0 spiro atoms. The minimum Gasteiger partial charge on any atom is -0.325 e. The van der Waals surface area contributed by atoms with Crippen LogP contribution in [0.2, 0.25) is 0 Å². The molecule has 0 aromatic carbocycles. The molecule has 1 aliphatic rings. The Morgan fingerprint density at radius 1 is 1.21 bits per heavy atom. The van der Waals surface area contributed by atoms with E-state index in [1.807, 2.05) is 18.5 Å². The van der Waals surface area contributed by atoms with Crippen molar-refractivity contribution in [3.8, 4) is 0 Å². The predicted octanol–water partition coefficient (Wildman–Crippen LogP) is 2.96. The second-order valence-electron chi connectivity index (χ2n) is 5.27. The Labute approximate surface area is 116 Å². The van der Waals surface area contributed by atoms with Crippen molar-refractivity contribution in [3.63, 3.8) is 0 Å². The lowest BCUT2D eigenvalue weighted by Gasteiger charge is -2.35. The first-order valence-electron chi connectivity index (χ1n) is 7.69. The molecule has 0 radical (unpaired) electrons. The smallest absolute Gasteiger partial charge is 0.226 e. The van der Waals surface area contributed by atoms with Crippen molar-refractivity contribution in [2.24, 2.45) is 0 Å². The summed E-state index contributed by atoms with van der Waals surface area (Å²) in [6.45, 7) is 4.42. The number of unbranched alkanes of at least 4 members (excludes halogenated alkanes) is 3. The topological polar surface area (TPSA) is 41.1 Å². The first-order valence-corrected chi connectivity index (χ1v) is 7.69. The van der Waals surface area contributed by atoms with Crippen LogP contribution in [0.3, 0.4) is 0 Å². The highest BCUT2D eigenvalue weighted by atomic mass is 15.3. The van der Waals surface area contributed by atoms with Crippen LogP contribution in [-0.4, -0.2) is 29.2 Å². The van der Waals surface area contributed by atoms with Crippen LogP contribution in [0.25, 0.3) is 0 Å². The molecule has 1 fully saturated rings. The normalized spacial score (nSPS) is 19.3. The molecule has 1 unspecified atom stereocenters. The molecule has 1 aromatic rings. The molecule has 1 saturated heterocycles. The molecule has 1 aliphatic heterocycles. The van der Waals surface area contributed by atoms with E-state index in [-0.39, 0.29) is 0 Å². The van der Waals surface area contributed by atoms with E-state index in [4.69, 9.17) is 0 Å². The summed E-state index contributed by atoms with van der Waals surface area (Å²) < 4.78 is 0. The number of hydrogen-bond acceptors (Lipinski definition) is 4. The Morgan fingerprint density at radius 2 is 2.05 bits per heavy atom. The maximum Gasteiger partial charge on any atom is 0.226 e. The lowest BCUT2D eigenvalue weighted by Crippen LogP contribution is -2.49. The predicted molar refractivity (Wildman–Crippen MR) is 79.2 cm³/mol. The van der Waals surface area contributed by atoms with Gasteiger partial charge in [-0.3, -0.25) is 5.32 Å². The average molecular weight is 262 g/mol. The van der Waals surface area contributed by atoms with E-state index in [1.54, 1.807) is 0 Å². The van der Waals surface area contributed by atoms with Crippen LogP contribution >= 0.6 is 0 Å². The van der Waals surface area contributed by atoms with Crippen molar-refractivity contribution in [1.82, 2.24) is 15.3 Å². The molecule has 0 bridgehead atoms. The lowest BCUT2D eigenvalue weighted by atomic mass is 10.1. The Bertz CT molecular complexity index is 335. The first kappa shape index (κ1) is 14.3. The number of nitrogens with one attached hydrogen (secondary N) is 1. The summed E-state index contributed by atoms with van der Waals surface area (Å²) in [5, 5.41) is 3.60. The summed E-state index contributed by atoms with van der Waals surface area (Å²) >= 11 is 0. The van der Waals surface area contributed by atoms with Gasteiger partial charge in [0.25, 0.3) is 0 Å². The molecule has 4 heteroatoms. The largest absolute Gasteiger partial charge is 0.325 e. The van der Waals surface area contributed by atoms with Crippen molar-refractivity contribution in [3.05, 3.63) is 18.5 Å². The van der Waals surface area contributed by atoms with Gasteiger partial charge in [-0.15, -0.1) is 0 Å². The summed E-state index contributed by atoms with van der Waals surface area (Å²) in [6.07, 6.45) is 13.0. The molecule has 0 aliphatic carbocycles. The summed E-state index contributed by atoms with van der Waals surface area (Å²) in [7, 11) is 0. The van der Waals surface area contributed by atoms with Crippen LogP contribution in [0.15, 0.2) is 18.5 Å². The van der Waals surface area contributed by atoms with Crippen LogP contribution in [0.5, 0.6) is 0 Å². The molecule has 106 valence electrons. The Kier molecular flexibility index (Phi) is 6.08. The summed E-state index contributed by atoms with van der Waals surface area (Å²) in [5.41, 5.74) is 0. The summed E-state index contributed by atoms with van der Waals surface area (Å²) in [6, 6.07) is 1.88. The van der Waals surface area contributed by atoms with Crippen molar-refractivity contribution in [2.45, 2.75) is 58.0 Å². The van der Waals surface area contributed by atoms with E-state index < -0.39 is 0 Å². The number of rotatable bonds is 7. The van der Waals surface area contributed by atoms with Crippen LogP contribution in [-0.2, 0) is 0 Å². The van der Waals surface area contributed by atoms with Gasteiger partial charge < -0.3 is 4.90 Å². The van der Waals surface area contributed by atoms with E-state index in [0.717, 1.165) is 19.0 Å². The van der Waals surface area contributed by atoms with Crippen molar-refractivity contribution >= 4 is 5.95 Å². The van der Waals surface area contributed by atoms with Gasteiger partial charge >= 0.3 is 0 Å². The second kappa shape index (κ2) is 8.10. The molecular weight excluding hydrogens is 236 g/mol. The molecule has 4 nitrogen and oxygen atoms in total. The average Bonchev–Trinajstić information content (AvgIpc) is 2.49. The Balaban J connectivity index is 1.96. The number of piperidine rings is 1. The van der Waals surface area contributed by atoms with Gasteiger partial charge in [0.1, 0.15) is 0 Å². The van der Waals surface area contributed by atoms with Crippen molar-refractivity contribution in [1.29, 1.82) is 0 Å². The molecule has 1 atom stereocenters. The fourth-order valence-electron chi connectivity index (χ4n) is 2.64. The Morgan fingerprint density at radius 3 is 2.74 bits per heavy atom. The van der Waals surface area contributed by atoms with Crippen LogP contribution in [0.4, 0.5) is 5.95 Å². The number of aromatic nitrogens is 2. The quantitative estimate of drug-likeness (QED) is 0.767. The van der Waals surface area contributed by atoms with Gasteiger partial charge in [-0.2, -0.15) is 0 Å².